The summed E-state index contributed by atoms with van der Waals surface area (Å²) < 4.78 is 2.04. The van der Waals surface area contributed by atoms with Crippen LogP contribution in [0.2, 0.25) is 0 Å². The van der Waals surface area contributed by atoms with Crippen molar-refractivity contribution in [2.75, 3.05) is 31.3 Å². The zero-order valence-electron chi connectivity index (χ0n) is 19.2. The zero-order chi connectivity index (χ0) is 22.5. The highest BCUT2D eigenvalue weighted by Crippen LogP contribution is 2.25. The van der Waals surface area contributed by atoms with E-state index in [4.69, 9.17) is 0 Å². The Balaban J connectivity index is 1.70. The predicted octanol–water partition coefficient (Wildman–Crippen LogP) is 4.40. The number of thioether (sulfide) groups is 1. The average molecular weight is 438 g/mol. The number of benzene rings is 2. The molecule has 164 valence electrons. The summed E-state index contributed by atoms with van der Waals surface area (Å²) in [5.41, 5.74) is 5.66. The van der Waals surface area contributed by atoms with E-state index >= 15 is 0 Å². The molecule has 3 aromatic rings. The van der Waals surface area contributed by atoms with Gasteiger partial charge in [-0.3, -0.25) is 9.36 Å². The Bertz CT molecular complexity index is 1040. The molecule has 1 aromatic heterocycles. The molecule has 0 saturated carbocycles. The van der Waals surface area contributed by atoms with Crippen molar-refractivity contribution in [2.45, 2.75) is 39.4 Å². The minimum Gasteiger partial charge on any atom is -0.378 e. The van der Waals surface area contributed by atoms with Crippen LogP contribution in [-0.4, -0.2) is 52.0 Å². The summed E-state index contributed by atoms with van der Waals surface area (Å²) in [6.07, 6.45) is 0. The lowest BCUT2D eigenvalue weighted by molar-refractivity contribution is -0.128. The lowest BCUT2D eigenvalue weighted by Crippen LogP contribution is -2.31. The van der Waals surface area contributed by atoms with Gasteiger partial charge in [-0.2, -0.15) is 0 Å². The Morgan fingerprint density at radius 1 is 1.03 bits per heavy atom. The van der Waals surface area contributed by atoms with Gasteiger partial charge < -0.3 is 9.80 Å². The number of amides is 1. The van der Waals surface area contributed by atoms with Crippen molar-refractivity contribution in [3.8, 4) is 5.69 Å². The molecule has 0 spiro atoms. The summed E-state index contributed by atoms with van der Waals surface area (Å²) in [5, 5.41) is 9.33. The van der Waals surface area contributed by atoms with Gasteiger partial charge in [0.1, 0.15) is 5.82 Å². The second-order valence-electron chi connectivity index (χ2n) is 7.91. The molecule has 3 rings (SSSR count). The van der Waals surface area contributed by atoms with Gasteiger partial charge in [0.15, 0.2) is 5.16 Å². The number of aromatic nitrogens is 3. The Labute approximate surface area is 189 Å². The fourth-order valence-electron chi connectivity index (χ4n) is 3.39. The Morgan fingerprint density at radius 2 is 1.74 bits per heavy atom. The van der Waals surface area contributed by atoms with Gasteiger partial charge in [0.25, 0.3) is 0 Å². The van der Waals surface area contributed by atoms with Gasteiger partial charge in [0, 0.05) is 32.9 Å². The van der Waals surface area contributed by atoms with Crippen LogP contribution in [-0.2, 0) is 11.3 Å². The fraction of sp³-hybridized carbons (Fsp3) is 0.375. The summed E-state index contributed by atoms with van der Waals surface area (Å²) in [7, 11) is 4.04. The zero-order valence-corrected chi connectivity index (χ0v) is 20.0. The molecule has 2 aromatic carbocycles. The maximum absolute atomic E-state index is 12.9. The molecule has 0 atom stereocenters. The van der Waals surface area contributed by atoms with Crippen molar-refractivity contribution >= 4 is 23.4 Å². The Hall–Kier alpha value is -2.80. The molecule has 0 aliphatic carbocycles. The molecule has 0 N–H and O–H groups in total. The number of carbonyl (C=O) groups is 1. The number of nitrogens with zero attached hydrogens (tertiary/aromatic N) is 5. The summed E-state index contributed by atoms with van der Waals surface area (Å²) in [6.45, 7) is 9.37. The number of rotatable bonds is 8. The lowest BCUT2D eigenvalue weighted by atomic mass is 10.1. The third-order valence-corrected chi connectivity index (χ3v) is 6.20. The first-order chi connectivity index (χ1) is 14.8. The largest absolute Gasteiger partial charge is 0.378 e. The van der Waals surface area contributed by atoms with E-state index < -0.39 is 0 Å². The molecule has 1 heterocycles. The van der Waals surface area contributed by atoms with Crippen molar-refractivity contribution in [3.05, 3.63) is 65.0 Å². The van der Waals surface area contributed by atoms with E-state index in [1.807, 2.05) is 37.4 Å². The first kappa shape index (κ1) is 22.9. The summed E-state index contributed by atoms with van der Waals surface area (Å²) in [5.74, 6) is 1.24. The summed E-state index contributed by atoms with van der Waals surface area (Å²) >= 11 is 1.44. The van der Waals surface area contributed by atoms with Crippen LogP contribution in [0.5, 0.6) is 0 Å². The van der Waals surface area contributed by atoms with E-state index in [-0.39, 0.29) is 5.91 Å². The summed E-state index contributed by atoms with van der Waals surface area (Å²) in [4.78, 5) is 16.9. The molecule has 0 radical (unpaired) electrons. The first-order valence-electron chi connectivity index (χ1n) is 10.5. The number of aryl methyl sites for hydroxylation is 3. The average Bonchev–Trinajstić information content (AvgIpc) is 3.12. The number of anilines is 1. The van der Waals surface area contributed by atoms with Gasteiger partial charge in [-0.1, -0.05) is 36.0 Å². The smallest absolute Gasteiger partial charge is 0.233 e. The van der Waals surface area contributed by atoms with Gasteiger partial charge in [-0.15, -0.1) is 10.2 Å². The highest BCUT2D eigenvalue weighted by Gasteiger charge is 2.18. The highest BCUT2D eigenvalue weighted by molar-refractivity contribution is 7.99. The molecule has 0 fully saturated rings. The minimum atomic E-state index is 0.0948. The van der Waals surface area contributed by atoms with Crippen LogP contribution in [0, 0.1) is 20.8 Å². The van der Waals surface area contributed by atoms with Crippen LogP contribution in [0.25, 0.3) is 5.69 Å². The van der Waals surface area contributed by atoms with Crippen LogP contribution >= 0.6 is 11.8 Å². The van der Waals surface area contributed by atoms with Crippen molar-refractivity contribution in [1.29, 1.82) is 0 Å². The monoisotopic (exact) mass is 437 g/mol. The van der Waals surface area contributed by atoms with Crippen LogP contribution in [0.1, 0.15) is 29.4 Å². The minimum absolute atomic E-state index is 0.0948. The molecular formula is C24H31N5OS. The maximum atomic E-state index is 12.9. The van der Waals surface area contributed by atoms with E-state index in [2.05, 4.69) is 71.4 Å². The number of carbonyl (C=O) groups excluding carboxylic acids is 1. The molecule has 7 heteroatoms. The van der Waals surface area contributed by atoms with Gasteiger partial charge in [0.2, 0.25) is 5.91 Å². The van der Waals surface area contributed by atoms with Gasteiger partial charge in [-0.25, -0.2) is 0 Å². The van der Waals surface area contributed by atoms with Crippen molar-refractivity contribution in [3.63, 3.8) is 0 Å². The second kappa shape index (κ2) is 10.0. The molecule has 31 heavy (non-hydrogen) atoms. The SMILES string of the molecule is CCN(Cc1ccc(N(C)C)cc1)C(=O)CSc1nnc(C)n1-c1cc(C)ccc1C. The third-order valence-electron chi connectivity index (χ3n) is 5.29. The van der Waals surface area contributed by atoms with Crippen LogP contribution in [0.15, 0.2) is 47.6 Å². The highest BCUT2D eigenvalue weighted by atomic mass is 32.2. The quantitative estimate of drug-likeness (QED) is 0.489. The molecule has 0 unspecified atom stereocenters. The molecular weight excluding hydrogens is 406 g/mol. The van der Waals surface area contributed by atoms with E-state index in [1.54, 1.807) is 0 Å². The third kappa shape index (κ3) is 5.47. The van der Waals surface area contributed by atoms with Crippen LogP contribution in [0.4, 0.5) is 5.69 Å². The predicted molar refractivity (Wildman–Crippen MR) is 128 cm³/mol. The summed E-state index contributed by atoms with van der Waals surface area (Å²) in [6, 6.07) is 14.7. The topological polar surface area (TPSA) is 54.3 Å². The molecule has 1 amide bonds. The second-order valence-corrected chi connectivity index (χ2v) is 8.86. The molecule has 0 saturated heterocycles. The lowest BCUT2D eigenvalue weighted by Gasteiger charge is -2.21. The Kier molecular flexibility index (Phi) is 7.38. The van der Waals surface area contributed by atoms with Gasteiger partial charge in [0.05, 0.1) is 11.4 Å². The first-order valence-corrected chi connectivity index (χ1v) is 11.4. The number of hydrogen-bond acceptors (Lipinski definition) is 5. The normalized spacial score (nSPS) is 10.9. The van der Waals surface area contributed by atoms with Crippen molar-refractivity contribution in [1.82, 2.24) is 19.7 Å². The number of hydrogen-bond donors (Lipinski definition) is 0. The van der Waals surface area contributed by atoms with Gasteiger partial charge in [-0.05, 0) is 62.6 Å². The van der Waals surface area contributed by atoms with Gasteiger partial charge >= 0.3 is 0 Å². The van der Waals surface area contributed by atoms with E-state index in [0.29, 0.717) is 18.8 Å². The molecule has 0 aliphatic heterocycles. The van der Waals surface area contributed by atoms with E-state index in [9.17, 15) is 4.79 Å². The van der Waals surface area contributed by atoms with Crippen LogP contribution in [0.3, 0.4) is 0 Å². The molecule has 6 nitrogen and oxygen atoms in total. The van der Waals surface area contributed by atoms with Crippen LogP contribution < -0.4 is 4.90 Å². The van der Waals surface area contributed by atoms with E-state index in [0.717, 1.165) is 33.5 Å². The standard InChI is InChI=1S/C24H31N5OS/c1-7-28(15-20-10-12-21(13-11-20)27(5)6)23(30)16-31-24-26-25-19(4)29(24)22-14-17(2)8-9-18(22)3/h8-14H,7,15-16H2,1-6H3. The fourth-order valence-corrected chi connectivity index (χ4v) is 4.28. The molecule has 0 bridgehead atoms. The molecule has 0 aliphatic rings. The Morgan fingerprint density at radius 3 is 2.39 bits per heavy atom. The van der Waals surface area contributed by atoms with Crippen molar-refractivity contribution in [2.24, 2.45) is 0 Å². The van der Waals surface area contributed by atoms with E-state index in [1.165, 1.54) is 17.3 Å². The maximum Gasteiger partial charge on any atom is 0.233 e. The van der Waals surface area contributed by atoms with Crippen molar-refractivity contribution < 1.29 is 4.79 Å².